The van der Waals surface area contributed by atoms with Crippen molar-refractivity contribution in [2.24, 2.45) is 16.9 Å². The maximum absolute atomic E-state index is 13.3. The minimum absolute atomic E-state index is 0. The zero-order chi connectivity index (χ0) is 29.6. The highest BCUT2D eigenvalue weighted by molar-refractivity contribution is 6.10. The van der Waals surface area contributed by atoms with E-state index in [-0.39, 0.29) is 75.9 Å². The Hall–Kier alpha value is -4.19. The fraction of sp³-hybridized carbons (Fsp3) is 0.276. The molecule has 42 heavy (non-hydrogen) atoms. The number of carbonyl (C=O) groups is 3. The summed E-state index contributed by atoms with van der Waals surface area (Å²) >= 11 is 0. The van der Waals surface area contributed by atoms with Crippen molar-refractivity contribution < 1.29 is 24.2 Å². The van der Waals surface area contributed by atoms with Crippen molar-refractivity contribution in [3.63, 3.8) is 0 Å². The van der Waals surface area contributed by atoms with E-state index in [0.29, 0.717) is 24.2 Å². The summed E-state index contributed by atoms with van der Waals surface area (Å²) in [6, 6.07) is 13.4. The second kappa shape index (κ2) is 15.2. The lowest BCUT2D eigenvalue weighted by Crippen LogP contribution is -2.44. The topological polar surface area (TPSA) is 194 Å². The van der Waals surface area contributed by atoms with Crippen LogP contribution in [-0.2, 0) is 0 Å². The minimum Gasteiger partial charge on any atom is -0.481 e. The number of halogens is 2. The van der Waals surface area contributed by atoms with Crippen LogP contribution in [0.15, 0.2) is 54.6 Å². The highest BCUT2D eigenvalue weighted by Gasteiger charge is 2.27. The molecule has 3 aromatic rings. The largest absolute Gasteiger partial charge is 0.481 e. The number of rotatable bonds is 10. The summed E-state index contributed by atoms with van der Waals surface area (Å²) in [4.78, 5) is 43.0. The summed E-state index contributed by atoms with van der Waals surface area (Å²) in [5, 5.41) is 23.2. The summed E-state index contributed by atoms with van der Waals surface area (Å²) in [6.45, 7) is 6.35. The summed E-state index contributed by atoms with van der Waals surface area (Å²) in [6.07, 6.45) is 0.562. The predicted octanol–water partition coefficient (Wildman–Crippen LogP) is 4.33. The summed E-state index contributed by atoms with van der Waals surface area (Å²) < 4.78 is 5.19. The monoisotopic (exact) mass is 618 g/mol. The van der Waals surface area contributed by atoms with Gasteiger partial charge >= 0.3 is 5.97 Å². The van der Waals surface area contributed by atoms with Crippen LogP contribution in [0.2, 0.25) is 0 Å². The SMILES string of the molecule is COc1ccc(-c2ccc(C(=O)N[C@@H](CCN)C(C)(C)C)cc2C(=O)O)c(C(=O)Nc2ccc(C(=N)N)cc2)n1.Cl.Cl. The van der Waals surface area contributed by atoms with Gasteiger partial charge in [0, 0.05) is 34.5 Å². The minimum atomic E-state index is -1.28. The van der Waals surface area contributed by atoms with Crippen molar-refractivity contribution in [1.29, 1.82) is 5.41 Å². The van der Waals surface area contributed by atoms with Gasteiger partial charge in [0.2, 0.25) is 5.88 Å². The average molecular weight is 620 g/mol. The number of aromatic nitrogens is 1. The second-order valence-corrected chi connectivity index (χ2v) is 10.2. The van der Waals surface area contributed by atoms with Gasteiger partial charge in [0.25, 0.3) is 11.8 Å². The number of carboxylic acid groups (broad SMARTS) is 1. The van der Waals surface area contributed by atoms with Gasteiger partial charge in [-0.3, -0.25) is 15.0 Å². The molecule has 13 heteroatoms. The molecule has 0 radical (unpaired) electrons. The molecule has 0 aliphatic carbocycles. The van der Waals surface area contributed by atoms with Crippen LogP contribution in [0.25, 0.3) is 11.1 Å². The molecule has 0 aliphatic heterocycles. The van der Waals surface area contributed by atoms with E-state index >= 15 is 0 Å². The fourth-order valence-electron chi connectivity index (χ4n) is 4.10. The first-order valence-corrected chi connectivity index (χ1v) is 12.5. The van der Waals surface area contributed by atoms with E-state index < -0.39 is 17.8 Å². The van der Waals surface area contributed by atoms with E-state index in [1.807, 2.05) is 20.8 Å². The molecule has 11 nitrogen and oxygen atoms in total. The molecule has 226 valence electrons. The van der Waals surface area contributed by atoms with Crippen LogP contribution in [0.5, 0.6) is 5.88 Å². The third-order valence-electron chi connectivity index (χ3n) is 6.36. The van der Waals surface area contributed by atoms with E-state index in [1.165, 1.54) is 37.4 Å². The van der Waals surface area contributed by atoms with Crippen LogP contribution in [0.4, 0.5) is 5.69 Å². The molecule has 0 saturated heterocycles. The van der Waals surface area contributed by atoms with Gasteiger partial charge in [-0.1, -0.05) is 26.8 Å². The number of pyridine rings is 1. The lowest BCUT2D eigenvalue weighted by Gasteiger charge is -2.31. The van der Waals surface area contributed by atoms with Gasteiger partial charge in [-0.15, -0.1) is 24.8 Å². The van der Waals surface area contributed by atoms with Crippen LogP contribution in [0, 0.1) is 10.8 Å². The molecule has 0 bridgehead atoms. The number of amidine groups is 1. The molecule has 0 unspecified atom stereocenters. The van der Waals surface area contributed by atoms with Crippen LogP contribution >= 0.6 is 24.8 Å². The molecule has 8 N–H and O–H groups in total. The molecule has 1 atom stereocenters. The van der Waals surface area contributed by atoms with Crippen molar-refractivity contribution in [2.75, 3.05) is 19.0 Å². The second-order valence-electron chi connectivity index (χ2n) is 10.2. The van der Waals surface area contributed by atoms with E-state index in [0.717, 1.165) is 0 Å². The van der Waals surface area contributed by atoms with Gasteiger partial charge in [0.05, 0.1) is 12.7 Å². The number of carbonyl (C=O) groups excluding carboxylic acids is 2. The van der Waals surface area contributed by atoms with E-state index in [4.69, 9.17) is 21.6 Å². The van der Waals surface area contributed by atoms with Crippen molar-refractivity contribution in [2.45, 2.75) is 33.2 Å². The molecular formula is C29H36Cl2N6O5. The van der Waals surface area contributed by atoms with Gasteiger partial charge in [-0.05, 0) is 66.4 Å². The number of nitrogens with zero attached hydrogens (tertiary/aromatic N) is 1. The molecular weight excluding hydrogens is 583 g/mol. The van der Waals surface area contributed by atoms with Gasteiger partial charge in [0.1, 0.15) is 11.5 Å². The predicted molar refractivity (Wildman–Crippen MR) is 167 cm³/mol. The van der Waals surface area contributed by atoms with Crippen molar-refractivity contribution >= 4 is 54.1 Å². The number of methoxy groups -OCH3 is 1. The van der Waals surface area contributed by atoms with Crippen LogP contribution in [-0.4, -0.2) is 53.4 Å². The van der Waals surface area contributed by atoms with Crippen molar-refractivity contribution in [3.8, 4) is 17.0 Å². The number of hydrogen-bond donors (Lipinski definition) is 6. The normalized spacial score (nSPS) is 11.3. The molecule has 0 fully saturated rings. The lowest BCUT2D eigenvalue weighted by molar-refractivity contribution is 0.0697. The molecule has 0 spiro atoms. The molecule has 0 aliphatic rings. The first-order valence-electron chi connectivity index (χ1n) is 12.5. The Kier molecular flexibility index (Phi) is 12.9. The number of nitrogens with one attached hydrogen (secondary N) is 3. The number of nitrogens with two attached hydrogens (primary N) is 2. The number of carboxylic acids is 1. The maximum Gasteiger partial charge on any atom is 0.336 e. The van der Waals surface area contributed by atoms with Crippen molar-refractivity contribution in [1.82, 2.24) is 10.3 Å². The third-order valence-corrected chi connectivity index (χ3v) is 6.36. The number of hydrogen-bond acceptors (Lipinski definition) is 7. The van der Waals surface area contributed by atoms with E-state index in [2.05, 4.69) is 15.6 Å². The lowest BCUT2D eigenvalue weighted by atomic mass is 9.84. The zero-order valence-corrected chi connectivity index (χ0v) is 25.3. The maximum atomic E-state index is 13.3. The molecule has 3 rings (SSSR count). The summed E-state index contributed by atoms with van der Waals surface area (Å²) in [5.41, 5.74) is 12.2. The van der Waals surface area contributed by atoms with Gasteiger partial charge in [-0.25, -0.2) is 9.78 Å². The summed E-state index contributed by atoms with van der Waals surface area (Å²) in [7, 11) is 1.40. The van der Waals surface area contributed by atoms with E-state index in [1.54, 1.807) is 24.3 Å². The Morgan fingerprint density at radius 3 is 2.10 bits per heavy atom. The molecule has 0 saturated carbocycles. The third kappa shape index (κ3) is 8.65. The summed E-state index contributed by atoms with van der Waals surface area (Å²) in [5.74, 6) is -2.27. The zero-order valence-electron chi connectivity index (χ0n) is 23.7. The number of aromatic carboxylic acids is 1. The smallest absolute Gasteiger partial charge is 0.336 e. The fourth-order valence-corrected chi connectivity index (χ4v) is 4.10. The Labute approximate surface area is 256 Å². The molecule has 1 heterocycles. The van der Waals surface area contributed by atoms with Crippen LogP contribution in [0.1, 0.15) is 64.0 Å². The van der Waals surface area contributed by atoms with Gasteiger partial charge in [0.15, 0.2) is 0 Å². The van der Waals surface area contributed by atoms with Gasteiger partial charge in [-0.2, -0.15) is 0 Å². The molecule has 1 aromatic heterocycles. The van der Waals surface area contributed by atoms with Crippen molar-refractivity contribution in [3.05, 3.63) is 77.0 Å². The average Bonchev–Trinajstić information content (AvgIpc) is 2.91. The number of ether oxygens (including phenoxy) is 1. The quantitative estimate of drug-likeness (QED) is 0.143. The number of nitrogen functional groups attached to an aromatic ring is 1. The first kappa shape index (κ1) is 35.8. The van der Waals surface area contributed by atoms with E-state index in [9.17, 15) is 19.5 Å². The number of amides is 2. The van der Waals surface area contributed by atoms with Gasteiger partial charge < -0.3 is 31.9 Å². The first-order chi connectivity index (χ1) is 18.8. The Balaban J connectivity index is 0.00000441. The number of benzene rings is 2. The highest BCUT2D eigenvalue weighted by atomic mass is 35.5. The Bertz CT molecular complexity index is 1440. The Morgan fingerprint density at radius 1 is 0.976 bits per heavy atom. The highest BCUT2D eigenvalue weighted by Crippen LogP contribution is 2.30. The van der Waals surface area contributed by atoms with Crippen LogP contribution in [0.3, 0.4) is 0 Å². The van der Waals surface area contributed by atoms with Crippen LogP contribution < -0.4 is 26.8 Å². The Morgan fingerprint density at radius 2 is 1.57 bits per heavy atom. The molecule has 2 amide bonds. The standard InChI is InChI=1S/C29H34N6O5.2ClH/c1-29(2,3)22(13-14-30)34-26(36)17-7-10-19(21(15-17)28(38)39)20-11-12-23(40-4)35-24(20)27(37)33-18-8-5-16(6-9-18)25(31)32;;/h5-12,15,22H,13-14,30H2,1-4H3,(H3,31,32)(H,33,37)(H,34,36)(H,38,39);2*1H/t22-;;/m0../s1. The number of anilines is 1. The molecule has 2 aromatic carbocycles.